The van der Waals surface area contributed by atoms with E-state index in [9.17, 15) is 20.0 Å². The van der Waals surface area contributed by atoms with Gasteiger partial charge in [-0.2, -0.15) is 0 Å². The summed E-state index contributed by atoms with van der Waals surface area (Å²) in [5.41, 5.74) is -0.114. The molecule has 6 nitrogen and oxygen atoms in total. The molecule has 6 heteroatoms. The third kappa shape index (κ3) is 2.96. The van der Waals surface area contributed by atoms with E-state index in [1.54, 1.807) is 6.07 Å². The van der Waals surface area contributed by atoms with E-state index in [1.807, 2.05) is 0 Å². The van der Waals surface area contributed by atoms with Crippen molar-refractivity contribution in [1.29, 1.82) is 0 Å². The van der Waals surface area contributed by atoms with Crippen LogP contribution in [0, 0.1) is 16.0 Å². The molecule has 1 aromatic carbocycles. The number of carboxylic acids is 1. The molecule has 0 saturated heterocycles. The van der Waals surface area contributed by atoms with Crippen LogP contribution in [0.5, 0.6) is 0 Å². The molecule has 0 bridgehead atoms. The zero-order chi connectivity index (χ0) is 14.7. The molecule has 0 radical (unpaired) electrons. The zero-order valence-corrected chi connectivity index (χ0v) is 11.3. The van der Waals surface area contributed by atoms with Crippen molar-refractivity contribution in [3.05, 3.63) is 39.4 Å². The number of hydrogen-bond acceptors (Lipinski definition) is 4. The molecule has 1 unspecified atom stereocenters. The molecule has 0 heterocycles. The predicted octanol–water partition coefficient (Wildman–Crippen LogP) is 2.57. The van der Waals surface area contributed by atoms with Crippen LogP contribution in [-0.4, -0.2) is 22.0 Å². The van der Waals surface area contributed by atoms with Gasteiger partial charge < -0.3 is 10.4 Å². The molecule has 1 aliphatic rings. The summed E-state index contributed by atoms with van der Waals surface area (Å²) < 4.78 is 0. The monoisotopic (exact) mass is 278 g/mol. The SMILES string of the molecule is CC(NCc1cccc([N+](=O)[O-])c1C(=O)O)C1CCC1. The van der Waals surface area contributed by atoms with Crippen molar-refractivity contribution < 1.29 is 14.8 Å². The lowest BCUT2D eigenvalue weighted by atomic mass is 9.80. The Hall–Kier alpha value is -1.95. The largest absolute Gasteiger partial charge is 0.477 e. The number of nitrogens with zero attached hydrogens (tertiary/aromatic N) is 1. The molecule has 2 N–H and O–H groups in total. The maximum atomic E-state index is 11.3. The summed E-state index contributed by atoms with van der Waals surface area (Å²) in [5, 5.41) is 23.4. The second-order valence-corrected chi connectivity index (χ2v) is 5.23. The highest BCUT2D eigenvalue weighted by Crippen LogP contribution is 2.30. The standard InChI is InChI=1S/C14H18N2O4/c1-9(10-4-2-5-10)15-8-11-6-3-7-12(16(19)20)13(11)14(17)18/h3,6-7,9-10,15H,2,4-5,8H2,1H3,(H,17,18). The van der Waals surface area contributed by atoms with E-state index in [-0.39, 0.29) is 11.3 Å². The minimum absolute atomic E-state index is 0.217. The molecule has 1 atom stereocenters. The first kappa shape index (κ1) is 14.5. The Balaban J connectivity index is 2.15. The van der Waals surface area contributed by atoms with E-state index in [1.165, 1.54) is 31.4 Å². The summed E-state index contributed by atoms with van der Waals surface area (Å²) in [4.78, 5) is 21.5. The van der Waals surface area contributed by atoms with Crippen LogP contribution in [0.1, 0.15) is 42.1 Å². The minimum Gasteiger partial charge on any atom is -0.477 e. The van der Waals surface area contributed by atoms with Gasteiger partial charge in [-0.15, -0.1) is 0 Å². The fourth-order valence-corrected chi connectivity index (χ4v) is 2.51. The zero-order valence-electron chi connectivity index (χ0n) is 11.3. The molecule has 1 fully saturated rings. The van der Waals surface area contributed by atoms with Crippen molar-refractivity contribution in [2.75, 3.05) is 0 Å². The summed E-state index contributed by atoms with van der Waals surface area (Å²) >= 11 is 0. The van der Waals surface area contributed by atoms with Crippen molar-refractivity contribution in [3.63, 3.8) is 0 Å². The van der Waals surface area contributed by atoms with Crippen LogP contribution in [-0.2, 0) is 6.54 Å². The molecule has 1 aliphatic carbocycles. The lowest BCUT2D eigenvalue weighted by Gasteiger charge is -2.32. The number of carboxylic acid groups (broad SMARTS) is 1. The van der Waals surface area contributed by atoms with Gasteiger partial charge in [0.2, 0.25) is 0 Å². The van der Waals surface area contributed by atoms with Crippen molar-refractivity contribution in [1.82, 2.24) is 5.32 Å². The fourth-order valence-electron chi connectivity index (χ4n) is 2.51. The van der Waals surface area contributed by atoms with Crippen LogP contribution in [0.2, 0.25) is 0 Å². The second kappa shape index (κ2) is 6.00. The van der Waals surface area contributed by atoms with Gasteiger partial charge in [0.25, 0.3) is 5.69 Å². The molecule has 0 spiro atoms. The van der Waals surface area contributed by atoms with Crippen molar-refractivity contribution in [3.8, 4) is 0 Å². The fraction of sp³-hybridized carbons (Fsp3) is 0.500. The summed E-state index contributed by atoms with van der Waals surface area (Å²) in [7, 11) is 0. The van der Waals surface area contributed by atoms with Gasteiger partial charge in [0.05, 0.1) is 4.92 Å². The van der Waals surface area contributed by atoms with Crippen LogP contribution in [0.3, 0.4) is 0 Å². The van der Waals surface area contributed by atoms with E-state index in [2.05, 4.69) is 12.2 Å². The highest BCUT2D eigenvalue weighted by atomic mass is 16.6. The van der Waals surface area contributed by atoms with Gasteiger partial charge in [0, 0.05) is 18.7 Å². The molecule has 1 aromatic rings. The van der Waals surface area contributed by atoms with Crippen LogP contribution in [0.25, 0.3) is 0 Å². The van der Waals surface area contributed by atoms with Crippen molar-refractivity contribution >= 4 is 11.7 Å². The Kier molecular flexibility index (Phi) is 4.34. The van der Waals surface area contributed by atoms with E-state index < -0.39 is 10.9 Å². The third-order valence-corrected chi connectivity index (χ3v) is 4.01. The quantitative estimate of drug-likeness (QED) is 0.616. The van der Waals surface area contributed by atoms with Crippen molar-refractivity contribution in [2.24, 2.45) is 5.92 Å². The van der Waals surface area contributed by atoms with Crippen LogP contribution in [0.15, 0.2) is 18.2 Å². The van der Waals surface area contributed by atoms with E-state index in [0.717, 1.165) is 0 Å². The number of nitrogens with one attached hydrogen (secondary N) is 1. The molecule has 1 saturated carbocycles. The van der Waals surface area contributed by atoms with Crippen LogP contribution in [0.4, 0.5) is 5.69 Å². The molecular formula is C14H18N2O4. The number of hydrogen-bond donors (Lipinski definition) is 2. The molecular weight excluding hydrogens is 260 g/mol. The van der Waals surface area contributed by atoms with E-state index in [4.69, 9.17) is 0 Å². The Morgan fingerprint density at radius 1 is 1.55 bits per heavy atom. The smallest absolute Gasteiger partial charge is 0.343 e. The first-order valence-electron chi connectivity index (χ1n) is 6.73. The molecule has 20 heavy (non-hydrogen) atoms. The van der Waals surface area contributed by atoms with E-state index in [0.29, 0.717) is 24.1 Å². The van der Waals surface area contributed by atoms with Gasteiger partial charge in [-0.3, -0.25) is 10.1 Å². The summed E-state index contributed by atoms with van der Waals surface area (Å²) in [5.74, 6) is -0.632. The van der Waals surface area contributed by atoms with Gasteiger partial charge in [0.1, 0.15) is 5.56 Å². The highest BCUT2D eigenvalue weighted by Gasteiger charge is 2.26. The summed E-state index contributed by atoms with van der Waals surface area (Å²) in [6.07, 6.45) is 3.62. The molecule has 2 rings (SSSR count). The third-order valence-electron chi connectivity index (χ3n) is 4.01. The lowest BCUT2D eigenvalue weighted by Crippen LogP contribution is -2.36. The normalized spacial score (nSPS) is 16.4. The van der Waals surface area contributed by atoms with Crippen LogP contribution < -0.4 is 5.32 Å². The molecule has 108 valence electrons. The number of aromatic carboxylic acids is 1. The predicted molar refractivity (Wildman–Crippen MR) is 73.7 cm³/mol. The number of nitro groups is 1. The number of benzene rings is 1. The highest BCUT2D eigenvalue weighted by molar-refractivity contribution is 5.94. The lowest BCUT2D eigenvalue weighted by molar-refractivity contribution is -0.385. The molecule has 0 aromatic heterocycles. The van der Waals surface area contributed by atoms with Crippen LogP contribution >= 0.6 is 0 Å². The van der Waals surface area contributed by atoms with Gasteiger partial charge in [-0.25, -0.2) is 4.79 Å². The average Bonchev–Trinajstić information content (AvgIpc) is 2.33. The first-order valence-corrected chi connectivity index (χ1v) is 6.73. The number of rotatable bonds is 6. The Morgan fingerprint density at radius 3 is 2.75 bits per heavy atom. The number of nitro benzene ring substituents is 1. The maximum Gasteiger partial charge on any atom is 0.343 e. The van der Waals surface area contributed by atoms with Crippen molar-refractivity contribution in [2.45, 2.75) is 38.8 Å². The van der Waals surface area contributed by atoms with Gasteiger partial charge in [-0.1, -0.05) is 18.6 Å². The molecule has 0 amide bonds. The van der Waals surface area contributed by atoms with E-state index >= 15 is 0 Å². The molecule has 0 aliphatic heterocycles. The topological polar surface area (TPSA) is 92.5 Å². The van der Waals surface area contributed by atoms with Gasteiger partial charge >= 0.3 is 5.97 Å². The Morgan fingerprint density at radius 2 is 2.25 bits per heavy atom. The first-order chi connectivity index (χ1) is 9.50. The van der Waals surface area contributed by atoms with Gasteiger partial charge in [0.15, 0.2) is 0 Å². The second-order valence-electron chi connectivity index (χ2n) is 5.23. The minimum atomic E-state index is -1.26. The average molecular weight is 278 g/mol. The maximum absolute atomic E-state index is 11.3. The Labute approximate surface area is 117 Å². The summed E-state index contributed by atoms with van der Waals surface area (Å²) in [6, 6.07) is 4.67. The summed E-state index contributed by atoms with van der Waals surface area (Å²) in [6.45, 7) is 2.41. The Bertz CT molecular complexity index is 526. The number of carbonyl (C=O) groups is 1. The van der Waals surface area contributed by atoms with Gasteiger partial charge in [-0.05, 0) is 31.2 Å².